The van der Waals surface area contributed by atoms with E-state index in [1.807, 2.05) is 42.1 Å². The van der Waals surface area contributed by atoms with E-state index in [4.69, 9.17) is 5.26 Å². The third kappa shape index (κ3) is 3.97. The fourth-order valence-corrected chi connectivity index (χ4v) is 3.82. The molecule has 1 N–H and O–H groups in total. The molecule has 1 fully saturated rings. The highest BCUT2D eigenvalue weighted by molar-refractivity contribution is 6.02. The number of nitrogens with one attached hydrogen (secondary N) is 1. The Balaban J connectivity index is 1.52. The number of aryl methyl sites for hydroxylation is 1. The molecule has 2 amide bonds. The number of alkyl halides is 2. The average Bonchev–Trinajstić information content (AvgIpc) is 3.30. The summed E-state index contributed by atoms with van der Waals surface area (Å²) in [5.74, 6) is -4.36. The van der Waals surface area contributed by atoms with Crippen molar-refractivity contribution in [2.24, 2.45) is 7.05 Å². The van der Waals surface area contributed by atoms with Gasteiger partial charge in [0.05, 0.1) is 24.7 Å². The summed E-state index contributed by atoms with van der Waals surface area (Å²) in [5, 5.41) is 12.5. The van der Waals surface area contributed by atoms with Crippen molar-refractivity contribution in [1.82, 2.24) is 19.8 Å². The fraction of sp³-hybridized carbons (Fsp3) is 0.273. The van der Waals surface area contributed by atoms with Crippen molar-refractivity contribution in [3.05, 3.63) is 54.5 Å². The highest BCUT2D eigenvalue weighted by Crippen LogP contribution is 2.31. The zero-order valence-corrected chi connectivity index (χ0v) is 16.7. The quantitative estimate of drug-likeness (QED) is 0.699. The van der Waals surface area contributed by atoms with Crippen LogP contribution in [0.2, 0.25) is 0 Å². The van der Waals surface area contributed by atoms with E-state index in [1.165, 1.54) is 12.3 Å². The van der Waals surface area contributed by atoms with Gasteiger partial charge in [-0.25, -0.2) is 8.78 Å². The van der Waals surface area contributed by atoms with Crippen molar-refractivity contribution >= 4 is 22.7 Å². The minimum absolute atomic E-state index is 0.307. The molecular formula is C22H19F2N5O2. The number of rotatable bonds is 4. The second-order valence-corrected chi connectivity index (χ2v) is 7.53. The second-order valence-electron chi connectivity index (χ2n) is 7.53. The number of carbonyl (C=O) groups is 2. The first-order valence-corrected chi connectivity index (χ1v) is 9.64. The van der Waals surface area contributed by atoms with Crippen LogP contribution in [0, 0.1) is 11.3 Å². The van der Waals surface area contributed by atoms with Gasteiger partial charge in [0.1, 0.15) is 6.04 Å². The summed E-state index contributed by atoms with van der Waals surface area (Å²) >= 11 is 0. The predicted molar refractivity (Wildman–Crippen MR) is 109 cm³/mol. The van der Waals surface area contributed by atoms with Crippen LogP contribution in [0.3, 0.4) is 0 Å². The van der Waals surface area contributed by atoms with Crippen LogP contribution in [0.25, 0.3) is 22.0 Å². The van der Waals surface area contributed by atoms with E-state index in [0.717, 1.165) is 21.4 Å². The fourth-order valence-electron chi connectivity index (χ4n) is 3.82. The molecule has 0 spiro atoms. The zero-order chi connectivity index (χ0) is 22.2. The van der Waals surface area contributed by atoms with Gasteiger partial charge in [0.2, 0.25) is 5.91 Å². The molecule has 3 heterocycles. The SMILES string of the molecule is Cn1ccc2cc(-c3cnccc3C(=O)NCC(=O)N3CC(F)(F)CC3C#N)ccc21. The number of benzene rings is 1. The lowest BCUT2D eigenvalue weighted by atomic mass is 10.0. The standard InChI is InChI=1S/C22H19F2N5O2/c1-28-7-5-15-8-14(2-3-19(15)28)18-11-26-6-4-17(18)21(31)27-12-20(30)29-13-22(23,24)9-16(29)10-25/h2-8,11,16H,9,12-13H2,1H3,(H,27,31). The molecule has 1 aromatic carbocycles. The molecule has 4 rings (SSSR count). The molecule has 31 heavy (non-hydrogen) atoms. The summed E-state index contributed by atoms with van der Waals surface area (Å²) in [7, 11) is 1.94. The van der Waals surface area contributed by atoms with Crippen molar-refractivity contribution in [3.63, 3.8) is 0 Å². The van der Waals surface area contributed by atoms with Gasteiger partial charge >= 0.3 is 0 Å². The highest BCUT2D eigenvalue weighted by atomic mass is 19.3. The van der Waals surface area contributed by atoms with Crippen LogP contribution in [-0.4, -0.2) is 51.3 Å². The lowest BCUT2D eigenvalue weighted by Crippen LogP contribution is -2.43. The minimum Gasteiger partial charge on any atom is -0.351 e. The van der Waals surface area contributed by atoms with Crippen molar-refractivity contribution in [3.8, 4) is 17.2 Å². The molecule has 1 aliphatic heterocycles. The number of nitrogens with zero attached hydrogens (tertiary/aromatic N) is 4. The first-order valence-electron chi connectivity index (χ1n) is 9.64. The summed E-state index contributed by atoms with van der Waals surface area (Å²) in [6.45, 7) is -1.30. The van der Waals surface area contributed by atoms with Crippen molar-refractivity contribution < 1.29 is 18.4 Å². The summed E-state index contributed by atoms with van der Waals surface area (Å²) in [6, 6.07) is 9.78. The number of amides is 2. The molecule has 0 radical (unpaired) electrons. The Morgan fingerprint density at radius 1 is 1.32 bits per heavy atom. The molecule has 1 atom stereocenters. The largest absolute Gasteiger partial charge is 0.351 e. The molecule has 158 valence electrons. The van der Waals surface area contributed by atoms with Crippen molar-refractivity contribution in [1.29, 1.82) is 5.26 Å². The number of hydrogen-bond acceptors (Lipinski definition) is 4. The number of likely N-dealkylation sites (tertiary alicyclic amines) is 1. The summed E-state index contributed by atoms with van der Waals surface area (Å²) in [4.78, 5) is 30.1. The van der Waals surface area contributed by atoms with Gasteiger partial charge in [0.15, 0.2) is 0 Å². The van der Waals surface area contributed by atoms with E-state index < -0.39 is 43.3 Å². The minimum atomic E-state index is -3.10. The van der Waals surface area contributed by atoms with Gasteiger partial charge < -0.3 is 14.8 Å². The molecular weight excluding hydrogens is 404 g/mol. The molecule has 1 unspecified atom stereocenters. The number of pyridine rings is 1. The average molecular weight is 423 g/mol. The Morgan fingerprint density at radius 2 is 2.13 bits per heavy atom. The summed E-state index contributed by atoms with van der Waals surface area (Å²) < 4.78 is 29.1. The third-order valence-electron chi connectivity index (χ3n) is 5.40. The van der Waals surface area contributed by atoms with Crippen LogP contribution in [0.5, 0.6) is 0 Å². The van der Waals surface area contributed by atoms with E-state index >= 15 is 0 Å². The van der Waals surface area contributed by atoms with Crippen LogP contribution in [0.1, 0.15) is 16.8 Å². The second kappa shape index (κ2) is 7.80. The number of nitriles is 1. The molecule has 0 aliphatic carbocycles. The Kier molecular flexibility index (Phi) is 5.15. The topological polar surface area (TPSA) is 91.0 Å². The normalized spacial score (nSPS) is 17.5. The molecule has 2 aromatic heterocycles. The molecule has 1 aliphatic rings. The van der Waals surface area contributed by atoms with Crippen molar-refractivity contribution in [2.75, 3.05) is 13.1 Å². The van der Waals surface area contributed by atoms with Gasteiger partial charge in [0, 0.05) is 48.5 Å². The molecule has 0 bridgehead atoms. The van der Waals surface area contributed by atoms with Crippen LogP contribution < -0.4 is 5.32 Å². The number of carbonyl (C=O) groups excluding carboxylic acids is 2. The van der Waals surface area contributed by atoms with Crippen LogP contribution >= 0.6 is 0 Å². The van der Waals surface area contributed by atoms with Crippen molar-refractivity contribution in [2.45, 2.75) is 18.4 Å². The monoisotopic (exact) mass is 423 g/mol. The van der Waals surface area contributed by atoms with Gasteiger partial charge in [0.25, 0.3) is 11.8 Å². The summed E-state index contributed by atoms with van der Waals surface area (Å²) in [5.41, 5.74) is 2.72. The number of fused-ring (bicyclic) bond motifs is 1. The molecule has 9 heteroatoms. The van der Waals surface area contributed by atoms with Gasteiger partial charge in [-0.2, -0.15) is 5.26 Å². The maximum Gasteiger partial charge on any atom is 0.268 e. The van der Waals surface area contributed by atoms with Crippen LogP contribution in [0.4, 0.5) is 8.78 Å². The third-order valence-corrected chi connectivity index (χ3v) is 5.40. The van der Waals surface area contributed by atoms with Gasteiger partial charge in [-0.1, -0.05) is 6.07 Å². The van der Waals surface area contributed by atoms with E-state index in [0.29, 0.717) is 11.1 Å². The van der Waals surface area contributed by atoms with E-state index in [-0.39, 0.29) is 0 Å². The predicted octanol–water partition coefficient (Wildman–Crippen LogP) is 2.73. The maximum atomic E-state index is 13.6. The van der Waals surface area contributed by atoms with Gasteiger partial charge in [-0.3, -0.25) is 14.6 Å². The maximum absolute atomic E-state index is 13.6. The van der Waals surface area contributed by atoms with E-state index in [2.05, 4.69) is 10.3 Å². The Hall–Kier alpha value is -3.80. The lowest BCUT2D eigenvalue weighted by molar-refractivity contribution is -0.131. The van der Waals surface area contributed by atoms with E-state index in [9.17, 15) is 18.4 Å². The highest BCUT2D eigenvalue weighted by Gasteiger charge is 2.47. The Morgan fingerprint density at radius 3 is 2.90 bits per heavy atom. The van der Waals surface area contributed by atoms with Gasteiger partial charge in [-0.05, 0) is 29.8 Å². The van der Waals surface area contributed by atoms with Crippen LogP contribution in [0.15, 0.2) is 48.9 Å². The zero-order valence-electron chi connectivity index (χ0n) is 16.7. The number of halogens is 2. The number of hydrogen-bond donors (Lipinski definition) is 1. The smallest absolute Gasteiger partial charge is 0.268 e. The molecule has 0 saturated carbocycles. The molecule has 7 nitrogen and oxygen atoms in total. The molecule has 3 aromatic rings. The summed E-state index contributed by atoms with van der Waals surface area (Å²) in [6.07, 6.45) is 4.27. The van der Waals surface area contributed by atoms with Crippen LogP contribution in [-0.2, 0) is 11.8 Å². The van der Waals surface area contributed by atoms with E-state index in [1.54, 1.807) is 12.3 Å². The first kappa shape index (κ1) is 20.5. The Labute approximate surface area is 176 Å². The number of aromatic nitrogens is 2. The Bertz CT molecular complexity index is 1210. The first-order chi connectivity index (χ1) is 14.8. The molecule has 1 saturated heterocycles. The van der Waals surface area contributed by atoms with Gasteiger partial charge in [-0.15, -0.1) is 0 Å². The lowest BCUT2D eigenvalue weighted by Gasteiger charge is -2.19.